The number of hydrogen-bond donors (Lipinski definition) is 0. The van der Waals surface area contributed by atoms with Gasteiger partial charge in [-0.3, -0.25) is 9.59 Å². The highest BCUT2D eigenvalue weighted by molar-refractivity contribution is 7.98. The highest BCUT2D eigenvalue weighted by Gasteiger charge is 2.46. The number of ketones is 1. The van der Waals surface area contributed by atoms with Gasteiger partial charge in [0.2, 0.25) is 5.78 Å². The van der Waals surface area contributed by atoms with Crippen LogP contribution in [0.5, 0.6) is 0 Å². The van der Waals surface area contributed by atoms with Gasteiger partial charge in [0, 0.05) is 27.4 Å². The van der Waals surface area contributed by atoms with Crippen molar-refractivity contribution < 1.29 is 13.9 Å². The summed E-state index contributed by atoms with van der Waals surface area (Å²) in [4.78, 5) is 26.6. The Labute approximate surface area is 168 Å². The van der Waals surface area contributed by atoms with Crippen molar-refractivity contribution in [3.05, 3.63) is 51.4 Å². The van der Waals surface area contributed by atoms with Crippen molar-refractivity contribution in [2.75, 3.05) is 24.7 Å². The summed E-state index contributed by atoms with van der Waals surface area (Å²) in [5.41, 5.74) is 1.74. The Morgan fingerprint density at radius 3 is 2.64 bits per heavy atom. The summed E-state index contributed by atoms with van der Waals surface area (Å²) in [5, 5.41) is 0.448. The van der Waals surface area contributed by atoms with Gasteiger partial charge in [-0.25, -0.2) is 0 Å². The van der Waals surface area contributed by atoms with E-state index in [0.717, 1.165) is 36.7 Å². The Bertz CT molecular complexity index is 990. The Morgan fingerprint density at radius 1 is 1.18 bits per heavy atom. The number of fused-ring (bicyclic) bond motifs is 2. The first-order valence-electron chi connectivity index (χ1n) is 9.91. The van der Waals surface area contributed by atoms with E-state index in [-0.39, 0.29) is 32.8 Å². The first-order chi connectivity index (χ1) is 13.4. The zero-order valence-electron chi connectivity index (χ0n) is 16.7. The van der Waals surface area contributed by atoms with E-state index in [9.17, 15) is 9.59 Å². The average Bonchev–Trinajstić information content (AvgIpc) is 2.68. The summed E-state index contributed by atoms with van der Waals surface area (Å²) >= 11 is 0. The third kappa shape index (κ3) is 3.58. The molecule has 1 aliphatic carbocycles. The molecule has 1 aromatic carbocycles. The third-order valence-corrected chi connectivity index (χ3v) is 8.44. The number of Topliss-reactive ketones (excluding diaryl/α,β-unsaturated/α-hetero) is 1. The second kappa shape index (κ2) is 7.53. The van der Waals surface area contributed by atoms with Crippen molar-refractivity contribution in [1.29, 1.82) is 0 Å². The van der Waals surface area contributed by atoms with Gasteiger partial charge < -0.3 is 9.15 Å². The number of carbonyl (C=O) groups excluding carboxylic acids is 1. The number of carbonyl (C=O) groups is 1. The first kappa shape index (κ1) is 19.5. The highest BCUT2D eigenvalue weighted by atomic mass is 32.2. The molecule has 2 aromatic rings. The lowest BCUT2D eigenvalue weighted by Gasteiger charge is -2.31. The molecular weight excluding hydrogens is 372 g/mol. The van der Waals surface area contributed by atoms with Gasteiger partial charge in [0.15, 0.2) is 10.7 Å². The molecule has 0 radical (unpaired) electrons. The fraction of sp³-hybridized carbons (Fsp3) is 0.478. The number of benzene rings is 1. The van der Waals surface area contributed by atoms with E-state index in [1.165, 1.54) is 0 Å². The van der Waals surface area contributed by atoms with Gasteiger partial charge in [0.05, 0.1) is 18.6 Å². The summed E-state index contributed by atoms with van der Waals surface area (Å²) in [6.45, 7) is 7.86. The van der Waals surface area contributed by atoms with Gasteiger partial charge in [-0.2, -0.15) is 0 Å². The van der Waals surface area contributed by atoms with E-state index in [1.807, 2.05) is 18.2 Å². The molecule has 1 saturated heterocycles. The number of allylic oxidation sites excluding steroid dienone is 1. The van der Waals surface area contributed by atoms with E-state index in [1.54, 1.807) is 12.1 Å². The zero-order chi connectivity index (χ0) is 19.9. The average molecular weight is 400 g/mol. The van der Waals surface area contributed by atoms with Crippen LogP contribution in [0.25, 0.3) is 17.0 Å². The van der Waals surface area contributed by atoms with Crippen LogP contribution in [0.4, 0.5) is 0 Å². The molecule has 0 bridgehead atoms. The fourth-order valence-corrected chi connectivity index (χ4v) is 6.94. The molecule has 0 saturated carbocycles. The summed E-state index contributed by atoms with van der Waals surface area (Å²) in [5.74, 6) is 2.66. The summed E-state index contributed by atoms with van der Waals surface area (Å²) in [6, 6.07) is 5.35. The van der Waals surface area contributed by atoms with Crippen LogP contribution in [0.2, 0.25) is 0 Å². The molecule has 0 spiro atoms. The summed E-state index contributed by atoms with van der Waals surface area (Å²) < 4.78 is 11.4. The standard InChI is InChI=1S/C23H27O4S/c1-23(2,3)22(28-12-10-26-11-13-28)20(24)15-8-9-19-17(14-15)21(25)16-6-4-5-7-18(16)27-19/h5,7-9,14,22H,4,6,10-13H2,1-3H3/q+1. The van der Waals surface area contributed by atoms with Crippen molar-refractivity contribution in [1.82, 2.24) is 0 Å². The van der Waals surface area contributed by atoms with Crippen LogP contribution in [0, 0.1) is 5.41 Å². The normalized spacial score (nSPS) is 18.8. The van der Waals surface area contributed by atoms with Crippen LogP contribution in [-0.4, -0.2) is 35.8 Å². The van der Waals surface area contributed by atoms with Crippen molar-refractivity contribution >= 4 is 33.7 Å². The third-order valence-electron chi connectivity index (χ3n) is 5.47. The molecule has 2 aliphatic rings. The maximum Gasteiger partial charge on any atom is 0.215 e. The molecule has 1 aliphatic heterocycles. The minimum atomic E-state index is -0.141. The maximum absolute atomic E-state index is 13.6. The fourth-order valence-electron chi connectivity index (χ4n) is 4.16. The predicted molar refractivity (Wildman–Crippen MR) is 115 cm³/mol. The van der Waals surface area contributed by atoms with E-state index < -0.39 is 0 Å². The molecule has 28 heavy (non-hydrogen) atoms. The van der Waals surface area contributed by atoms with Gasteiger partial charge in [0.25, 0.3) is 0 Å². The summed E-state index contributed by atoms with van der Waals surface area (Å²) in [6.07, 6.45) is 5.44. The molecule has 1 unspecified atom stereocenters. The van der Waals surface area contributed by atoms with E-state index in [0.29, 0.717) is 28.7 Å². The van der Waals surface area contributed by atoms with Crippen molar-refractivity contribution in [3.8, 4) is 0 Å². The lowest BCUT2D eigenvalue weighted by molar-refractivity contribution is 0.0946. The molecule has 148 valence electrons. The number of rotatable bonds is 3. The van der Waals surface area contributed by atoms with Crippen LogP contribution in [0.3, 0.4) is 0 Å². The minimum absolute atomic E-state index is 0.00364. The van der Waals surface area contributed by atoms with Crippen LogP contribution < -0.4 is 5.43 Å². The van der Waals surface area contributed by atoms with Crippen LogP contribution >= 0.6 is 0 Å². The quantitative estimate of drug-likeness (QED) is 0.578. The Balaban J connectivity index is 1.76. The number of hydrogen-bond acceptors (Lipinski definition) is 4. The van der Waals surface area contributed by atoms with E-state index in [4.69, 9.17) is 9.15 Å². The van der Waals surface area contributed by atoms with Gasteiger partial charge in [-0.05, 0) is 37.1 Å². The summed E-state index contributed by atoms with van der Waals surface area (Å²) in [7, 11) is -0.00875. The SMILES string of the molecule is CC(C)(C)C(C(=O)c1ccc2oc3c(c(=O)c2c1)CCC=C3)[S+]1CCOCC1. The monoisotopic (exact) mass is 399 g/mol. The van der Waals surface area contributed by atoms with E-state index >= 15 is 0 Å². The molecule has 4 rings (SSSR count). The second-order valence-electron chi connectivity index (χ2n) is 8.59. The van der Waals surface area contributed by atoms with Crippen LogP contribution in [0.1, 0.15) is 48.9 Å². The lowest BCUT2D eigenvalue weighted by atomic mass is 9.86. The number of ether oxygens (including phenoxy) is 1. The van der Waals surface area contributed by atoms with Crippen LogP contribution in [-0.2, 0) is 22.1 Å². The topological polar surface area (TPSA) is 56.5 Å². The molecule has 1 fully saturated rings. The zero-order valence-corrected chi connectivity index (χ0v) is 17.6. The Kier molecular flexibility index (Phi) is 5.23. The molecule has 5 heteroatoms. The molecular formula is C23H27O4S+. The van der Waals surface area contributed by atoms with Gasteiger partial charge in [0.1, 0.15) is 22.8 Å². The van der Waals surface area contributed by atoms with Gasteiger partial charge in [-0.1, -0.05) is 26.8 Å². The highest BCUT2D eigenvalue weighted by Crippen LogP contribution is 2.32. The van der Waals surface area contributed by atoms with Crippen molar-refractivity contribution in [2.24, 2.45) is 5.41 Å². The van der Waals surface area contributed by atoms with Crippen molar-refractivity contribution in [3.63, 3.8) is 0 Å². The Hall–Kier alpha value is -1.85. The van der Waals surface area contributed by atoms with Crippen LogP contribution in [0.15, 0.2) is 33.5 Å². The molecule has 0 amide bonds. The Morgan fingerprint density at radius 2 is 1.93 bits per heavy atom. The minimum Gasteiger partial charge on any atom is -0.456 e. The molecule has 4 nitrogen and oxygen atoms in total. The van der Waals surface area contributed by atoms with E-state index in [2.05, 4.69) is 20.8 Å². The second-order valence-corrected chi connectivity index (χ2v) is 11.0. The molecule has 2 heterocycles. The molecule has 0 N–H and O–H groups in total. The first-order valence-corrected chi connectivity index (χ1v) is 11.5. The van der Waals surface area contributed by atoms with Gasteiger partial charge >= 0.3 is 0 Å². The van der Waals surface area contributed by atoms with Crippen molar-refractivity contribution in [2.45, 2.75) is 38.9 Å². The van der Waals surface area contributed by atoms with Gasteiger partial charge in [-0.15, -0.1) is 0 Å². The smallest absolute Gasteiger partial charge is 0.215 e. The maximum atomic E-state index is 13.6. The lowest BCUT2D eigenvalue weighted by Crippen LogP contribution is -2.47. The molecule has 1 aromatic heterocycles. The largest absolute Gasteiger partial charge is 0.456 e. The molecule has 1 atom stereocenters. The predicted octanol–water partition coefficient (Wildman–Crippen LogP) is 4.00.